The van der Waals surface area contributed by atoms with Crippen molar-refractivity contribution in [3.63, 3.8) is 0 Å². The van der Waals surface area contributed by atoms with Gasteiger partial charge in [0.05, 0.1) is 0 Å². The number of carboxylic acid groups (broad SMARTS) is 1. The fraction of sp³-hybridized carbons (Fsp3) is 0.650. The van der Waals surface area contributed by atoms with Gasteiger partial charge >= 0.3 is 5.97 Å². The minimum absolute atomic E-state index is 0.261. The second-order valence-corrected chi connectivity index (χ2v) is 7.70. The summed E-state index contributed by atoms with van der Waals surface area (Å²) in [5.41, 5.74) is 0.937. The van der Waals surface area contributed by atoms with E-state index in [0.29, 0.717) is 5.75 Å². The quantitative estimate of drug-likeness (QED) is 0.593. The van der Waals surface area contributed by atoms with Gasteiger partial charge in [0.2, 0.25) is 0 Å². The molecule has 0 heterocycles. The summed E-state index contributed by atoms with van der Waals surface area (Å²) in [6.45, 7) is 10.3. The monoisotopic (exact) mass is 320 g/mol. The average Bonchev–Trinajstić information content (AvgIpc) is 2.41. The lowest BCUT2D eigenvalue weighted by Gasteiger charge is -2.22. The third kappa shape index (κ3) is 8.06. The molecule has 0 radical (unpaired) electrons. The van der Waals surface area contributed by atoms with Crippen molar-refractivity contribution in [3.8, 4) is 5.75 Å². The smallest absolute Gasteiger partial charge is 0.339 e. The molecule has 3 nitrogen and oxygen atoms in total. The van der Waals surface area contributed by atoms with E-state index in [-0.39, 0.29) is 5.56 Å². The van der Waals surface area contributed by atoms with Crippen LogP contribution in [-0.4, -0.2) is 16.7 Å². The van der Waals surface area contributed by atoms with E-state index in [9.17, 15) is 9.90 Å². The van der Waals surface area contributed by atoms with Crippen LogP contribution in [0.4, 0.5) is 0 Å². The summed E-state index contributed by atoms with van der Waals surface area (Å²) in [5.74, 6) is 0.303. The number of unbranched alkanes of at least 4 members (excludes halogenated alkanes) is 3. The van der Waals surface area contributed by atoms with Crippen LogP contribution >= 0.6 is 0 Å². The molecule has 0 bridgehead atoms. The summed E-state index contributed by atoms with van der Waals surface area (Å²) in [6, 6.07) is 5.54. The summed E-state index contributed by atoms with van der Waals surface area (Å²) < 4.78 is 5.75. The van der Waals surface area contributed by atoms with Crippen molar-refractivity contribution in [2.24, 2.45) is 5.92 Å². The third-order valence-electron chi connectivity index (χ3n) is 3.69. The summed E-state index contributed by atoms with van der Waals surface area (Å²) in [6.07, 6.45) is 7.08. The van der Waals surface area contributed by atoms with Gasteiger partial charge in [-0.15, -0.1) is 0 Å². The molecule has 0 aliphatic heterocycles. The molecule has 0 saturated heterocycles. The summed E-state index contributed by atoms with van der Waals surface area (Å²) in [4.78, 5) is 11.5. The van der Waals surface area contributed by atoms with Gasteiger partial charge < -0.3 is 9.84 Å². The SMILES string of the molecule is CC(C)CCCCCCc1ccc(OC(C)(C)C)c(C(=O)O)c1. The molecule has 0 aliphatic rings. The van der Waals surface area contributed by atoms with Crippen LogP contribution in [-0.2, 0) is 6.42 Å². The maximum Gasteiger partial charge on any atom is 0.339 e. The number of benzene rings is 1. The van der Waals surface area contributed by atoms with Gasteiger partial charge in [0, 0.05) is 0 Å². The first kappa shape index (κ1) is 19.5. The fourth-order valence-corrected chi connectivity index (χ4v) is 2.55. The third-order valence-corrected chi connectivity index (χ3v) is 3.69. The normalized spacial score (nSPS) is 11.7. The Labute approximate surface area is 141 Å². The minimum Gasteiger partial charge on any atom is -0.487 e. The molecule has 23 heavy (non-hydrogen) atoms. The molecule has 0 aliphatic carbocycles. The lowest BCUT2D eigenvalue weighted by molar-refractivity contribution is 0.0681. The van der Waals surface area contributed by atoms with E-state index in [0.717, 1.165) is 24.3 Å². The number of hydrogen-bond donors (Lipinski definition) is 1. The average molecular weight is 320 g/mol. The van der Waals surface area contributed by atoms with Gasteiger partial charge in [0.1, 0.15) is 16.9 Å². The highest BCUT2D eigenvalue weighted by Crippen LogP contribution is 2.25. The zero-order valence-electron chi connectivity index (χ0n) is 15.3. The zero-order chi connectivity index (χ0) is 17.5. The second kappa shape index (κ2) is 8.95. The Morgan fingerprint density at radius 2 is 1.78 bits per heavy atom. The standard InChI is InChI=1S/C20H32O3/c1-15(2)10-8-6-7-9-11-16-12-13-18(23-20(3,4)5)17(14-16)19(21)22/h12-15H,6-11H2,1-5H3,(H,21,22). The highest BCUT2D eigenvalue weighted by molar-refractivity contribution is 5.91. The van der Waals surface area contributed by atoms with Crippen LogP contribution in [0.1, 0.15) is 82.6 Å². The Balaban J connectivity index is 2.57. The van der Waals surface area contributed by atoms with Crippen LogP contribution in [0, 0.1) is 5.92 Å². The Morgan fingerprint density at radius 1 is 1.13 bits per heavy atom. The van der Waals surface area contributed by atoms with E-state index in [1.807, 2.05) is 26.8 Å². The van der Waals surface area contributed by atoms with Crippen molar-refractivity contribution in [2.45, 2.75) is 78.7 Å². The van der Waals surface area contributed by atoms with Crippen LogP contribution in [0.2, 0.25) is 0 Å². The van der Waals surface area contributed by atoms with Gasteiger partial charge in [-0.25, -0.2) is 4.79 Å². The van der Waals surface area contributed by atoms with Crippen LogP contribution in [0.15, 0.2) is 18.2 Å². The predicted molar refractivity (Wildman–Crippen MR) is 95.4 cm³/mol. The van der Waals surface area contributed by atoms with Crippen molar-refractivity contribution in [2.75, 3.05) is 0 Å². The number of carboxylic acids is 1. The molecule has 3 heteroatoms. The molecule has 0 atom stereocenters. The Kier molecular flexibility index (Phi) is 7.60. The van der Waals surface area contributed by atoms with Crippen molar-refractivity contribution >= 4 is 5.97 Å². The molecular weight excluding hydrogens is 288 g/mol. The second-order valence-electron chi connectivity index (χ2n) is 7.70. The molecule has 0 spiro atoms. The molecule has 0 saturated carbocycles. The van der Waals surface area contributed by atoms with E-state index < -0.39 is 11.6 Å². The van der Waals surface area contributed by atoms with E-state index in [1.54, 1.807) is 12.1 Å². The van der Waals surface area contributed by atoms with Gasteiger partial charge in [-0.1, -0.05) is 45.6 Å². The van der Waals surface area contributed by atoms with Crippen LogP contribution < -0.4 is 4.74 Å². The molecule has 1 N–H and O–H groups in total. The lowest BCUT2D eigenvalue weighted by atomic mass is 10.0. The number of aromatic carboxylic acids is 1. The summed E-state index contributed by atoms with van der Waals surface area (Å²) in [5, 5.41) is 9.40. The maximum absolute atomic E-state index is 11.5. The zero-order valence-corrected chi connectivity index (χ0v) is 15.3. The van der Waals surface area contributed by atoms with E-state index in [2.05, 4.69) is 13.8 Å². The lowest BCUT2D eigenvalue weighted by Crippen LogP contribution is -2.24. The largest absolute Gasteiger partial charge is 0.487 e. The van der Waals surface area contributed by atoms with Crippen molar-refractivity contribution in [3.05, 3.63) is 29.3 Å². The van der Waals surface area contributed by atoms with Crippen LogP contribution in [0.5, 0.6) is 5.75 Å². The van der Waals surface area contributed by atoms with E-state index >= 15 is 0 Å². The predicted octanol–water partition coefficient (Wildman–Crippen LogP) is 5.71. The molecule has 130 valence electrons. The number of aryl methyl sites for hydroxylation is 1. The van der Waals surface area contributed by atoms with Crippen LogP contribution in [0.3, 0.4) is 0 Å². The fourth-order valence-electron chi connectivity index (χ4n) is 2.55. The molecule has 1 aromatic rings. The number of rotatable bonds is 9. The van der Waals surface area contributed by atoms with Crippen molar-refractivity contribution in [1.29, 1.82) is 0 Å². The van der Waals surface area contributed by atoms with Gasteiger partial charge in [-0.05, 0) is 57.2 Å². The number of hydrogen-bond acceptors (Lipinski definition) is 2. The molecule has 0 aromatic heterocycles. The first-order valence-corrected chi connectivity index (χ1v) is 8.74. The summed E-state index contributed by atoms with van der Waals surface area (Å²) in [7, 11) is 0. The van der Waals surface area contributed by atoms with Gasteiger partial charge in [-0.2, -0.15) is 0 Å². The molecule has 1 aromatic carbocycles. The first-order chi connectivity index (χ1) is 10.7. The van der Waals surface area contributed by atoms with E-state index in [1.165, 1.54) is 25.7 Å². The molecular formula is C20H32O3. The van der Waals surface area contributed by atoms with Gasteiger partial charge in [-0.3, -0.25) is 0 Å². The molecule has 0 unspecified atom stereocenters. The first-order valence-electron chi connectivity index (χ1n) is 8.74. The van der Waals surface area contributed by atoms with Crippen molar-refractivity contribution < 1.29 is 14.6 Å². The Morgan fingerprint density at radius 3 is 2.35 bits per heavy atom. The molecule has 1 rings (SSSR count). The highest BCUT2D eigenvalue weighted by Gasteiger charge is 2.18. The number of carbonyl (C=O) groups is 1. The van der Waals surface area contributed by atoms with Gasteiger partial charge in [0.25, 0.3) is 0 Å². The maximum atomic E-state index is 11.5. The Bertz CT molecular complexity index is 498. The topological polar surface area (TPSA) is 46.5 Å². The number of ether oxygens (including phenoxy) is 1. The highest BCUT2D eigenvalue weighted by atomic mass is 16.5. The van der Waals surface area contributed by atoms with Gasteiger partial charge in [0.15, 0.2) is 0 Å². The molecule has 0 amide bonds. The Hall–Kier alpha value is -1.51. The molecule has 0 fully saturated rings. The minimum atomic E-state index is -0.928. The summed E-state index contributed by atoms with van der Waals surface area (Å²) >= 11 is 0. The van der Waals surface area contributed by atoms with E-state index in [4.69, 9.17) is 4.74 Å². The van der Waals surface area contributed by atoms with Crippen molar-refractivity contribution in [1.82, 2.24) is 0 Å². The van der Waals surface area contributed by atoms with Crippen LogP contribution in [0.25, 0.3) is 0 Å².